The number of esters is 2. The number of aryl methyl sites for hydroxylation is 4. The Morgan fingerprint density at radius 1 is 0.900 bits per heavy atom. The molecule has 1 amide bonds. The normalized spacial score (nSPS) is 11.9. The van der Waals surface area contributed by atoms with Crippen molar-refractivity contribution >= 4 is 23.5 Å². The van der Waals surface area contributed by atoms with E-state index in [0.717, 1.165) is 16.7 Å². The van der Waals surface area contributed by atoms with E-state index in [1.165, 1.54) is 6.92 Å². The summed E-state index contributed by atoms with van der Waals surface area (Å²) in [5.41, 5.74) is 5.05. The first-order chi connectivity index (χ1) is 13.9. The van der Waals surface area contributed by atoms with Crippen molar-refractivity contribution in [2.24, 2.45) is 0 Å². The Balaban J connectivity index is 2.14. The summed E-state index contributed by atoms with van der Waals surface area (Å²) < 4.78 is 10.6. The number of amides is 1. The van der Waals surface area contributed by atoms with Gasteiger partial charge in [-0.05, 0) is 72.1 Å². The lowest BCUT2D eigenvalue weighted by atomic mass is 10.0. The Kier molecular flexibility index (Phi) is 7.08. The first-order valence-electron chi connectivity index (χ1n) is 9.92. The Morgan fingerprint density at radius 3 is 2.00 bits per heavy atom. The van der Waals surface area contributed by atoms with Gasteiger partial charge in [0.15, 0.2) is 6.10 Å². The first kappa shape index (κ1) is 23.2. The summed E-state index contributed by atoms with van der Waals surface area (Å²) in [6, 6.07) is 3.95. The molecule has 0 aliphatic rings. The smallest absolute Gasteiger partial charge is 0.355 e. The number of benzene rings is 1. The number of anilines is 1. The summed E-state index contributed by atoms with van der Waals surface area (Å²) >= 11 is 0. The number of aromatic nitrogens is 1. The highest BCUT2D eigenvalue weighted by Crippen LogP contribution is 2.23. The second-order valence-corrected chi connectivity index (χ2v) is 7.89. The highest BCUT2D eigenvalue weighted by Gasteiger charge is 2.27. The maximum atomic E-state index is 12.6. The maximum absolute atomic E-state index is 12.6. The van der Waals surface area contributed by atoms with Gasteiger partial charge in [0.05, 0.1) is 11.7 Å². The monoisotopic (exact) mass is 414 g/mol. The fourth-order valence-electron chi connectivity index (χ4n) is 3.41. The van der Waals surface area contributed by atoms with Gasteiger partial charge in [0.1, 0.15) is 5.69 Å². The Morgan fingerprint density at radius 2 is 1.47 bits per heavy atom. The molecule has 7 heteroatoms. The van der Waals surface area contributed by atoms with Crippen LogP contribution in [0.1, 0.15) is 69.6 Å². The zero-order chi connectivity index (χ0) is 22.7. The van der Waals surface area contributed by atoms with Crippen molar-refractivity contribution in [3.05, 3.63) is 51.3 Å². The molecule has 1 aromatic heterocycles. The van der Waals surface area contributed by atoms with Crippen LogP contribution in [0.2, 0.25) is 0 Å². The summed E-state index contributed by atoms with van der Waals surface area (Å²) in [4.78, 5) is 40.4. The van der Waals surface area contributed by atoms with Crippen LogP contribution in [0.4, 0.5) is 5.69 Å². The molecule has 1 unspecified atom stereocenters. The highest BCUT2D eigenvalue weighted by molar-refractivity contribution is 6.01. The molecular formula is C23H30N2O5. The number of hydrogen-bond acceptors (Lipinski definition) is 5. The number of H-pyrrole nitrogens is 1. The SMILES string of the molecule is Cc1cc(C)c(NC(=O)C(C)OC(=O)c2[nH]c(C)c(C(=O)OC(C)C)c2C)c(C)c1. The van der Waals surface area contributed by atoms with Crippen LogP contribution < -0.4 is 5.32 Å². The zero-order valence-corrected chi connectivity index (χ0v) is 18.9. The van der Waals surface area contributed by atoms with Crippen molar-refractivity contribution in [3.63, 3.8) is 0 Å². The topological polar surface area (TPSA) is 97.5 Å². The molecule has 0 saturated heterocycles. The summed E-state index contributed by atoms with van der Waals surface area (Å²) in [5, 5.41) is 2.83. The van der Waals surface area contributed by atoms with E-state index in [9.17, 15) is 14.4 Å². The van der Waals surface area contributed by atoms with Gasteiger partial charge in [0.2, 0.25) is 0 Å². The van der Waals surface area contributed by atoms with Gasteiger partial charge >= 0.3 is 11.9 Å². The number of ether oxygens (including phenoxy) is 2. The standard InChI is InChI=1S/C23H30N2O5/c1-11(2)29-22(27)18-15(6)20(24-16(18)7)23(28)30-17(8)21(26)25-19-13(4)9-12(3)10-14(19)5/h9-11,17,24H,1-8H3,(H,25,26). The van der Waals surface area contributed by atoms with Crippen LogP contribution in [-0.4, -0.2) is 35.0 Å². The van der Waals surface area contributed by atoms with Crippen LogP contribution in [0.15, 0.2) is 12.1 Å². The Bertz CT molecular complexity index is 965. The summed E-state index contributed by atoms with van der Waals surface area (Å²) in [6.07, 6.45) is -1.30. The molecule has 0 fully saturated rings. The lowest BCUT2D eigenvalue weighted by Crippen LogP contribution is -2.30. The second-order valence-electron chi connectivity index (χ2n) is 7.89. The molecule has 1 atom stereocenters. The minimum atomic E-state index is -1.02. The summed E-state index contributed by atoms with van der Waals surface area (Å²) in [6.45, 7) is 14.1. The van der Waals surface area contributed by atoms with Crippen LogP contribution in [0.5, 0.6) is 0 Å². The third-order valence-corrected chi connectivity index (χ3v) is 4.77. The number of carbonyl (C=O) groups excluding carboxylic acids is 3. The fraction of sp³-hybridized carbons (Fsp3) is 0.435. The molecule has 0 bridgehead atoms. The van der Waals surface area contributed by atoms with Gasteiger partial charge in [-0.25, -0.2) is 9.59 Å². The zero-order valence-electron chi connectivity index (χ0n) is 18.9. The van der Waals surface area contributed by atoms with Crippen LogP contribution in [-0.2, 0) is 14.3 Å². The molecule has 30 heavy (non-hydrogen) atoms. The predicted molar refractivity (Wildman–Crippen MR) is 115 cm³/mol. The minimum Gasteiger partial charge on any atom is -0.459 e. The van der Waals surface area contributed by atoms with Crippen LogP contribution in [0, 0.1) is 34.6 Å². The molecule has 1 heterocycles. The van der Waals surface area contributed by atoms with Gasteiger partial charge in [0.25, 0.3) is 5.91 Å². The van der Waals surface area contributed by atoms with Crippen molar-refractivity contribution in [1.82, 2.24) is 4.98 Å². The molecule has 2 rings (SSSR count). The third kappa shape index (κ3) is 5.09. The average Bonchev–Trinajstić information content (AvgIpc) is 2.91. The van der Waals surface area contributed by atoms with Gasteiger partial charge in [-0.2, -0.15) is 0 Å². The van der Waals surface area contributed by atoms with E-state index in [4.69, 9.17) is 9.47 Å². The fourth-order valence-corrected chi connectivity index (χ4v) is 3.41. The van der Waals surface area contributed by atoms with Crippen molar-refractivity contribution in [1.29, 1.82) is 0 Å². The molecule has 0 saturated carbocycles. The van der Waals surface area contributed by atoms with Crippen molar-refractivity contribution < 1.29 is 23.9 Å². The highest BCUT2D eigenvalue weighted by atomic mass is 16.6. The van der Waals surface area contributed by atoms with E-state index >= 15 is 0 Å². The molecule has 1 aromatic carbocycles. The number of rotatable bonds is 6. The van der Waals surface area contributed by atoms with E-state index < -0.39 is 23.9 Å². The van der Waals surface area contributed by atoms with Crippen LogP contribution >= 0.6 is 0 Å². The molecule has 162 valence electrons. The van der Waals surface area contributed by atoms with Gasteiger partial charge in [-0.1, -0.05) is 17.7 Å². The lowest BCUT2D eigenvalue weighted by Gasteiger charge is -2.17. The van der Waals surface area contributed by atoms with Crippen molar-refractivity contribution in [2.75, 3.05) is 5.32 Å². The number of nitrogens with one attached hydrogen (secondary N) is 2. The number of aromatic amines is 1. The number of hydrogen-bond donors (Lipinski definition) is 2. The van der Waals surface area contributed by atoms with E-state index in [2.05, 4.69) is 10.3 Å². The summed E-state index contributed by atoms with van der Waals surface area (Å²) in [7, 11) is 0. The van der Waals surface area contributed by atoms with E-state index in [1.807, 2.05) is 32.9 Å². The second kappa shape index (κ2) is 9.15. The molecule has 2 N–H and O–H groups in total. The van der Waals surface area contributed by atoms with Crippen molar-refractivity contribution in [2.45, 2.75) is 67.6 Å². The molecule has 7 nitrogen and oxygen atoms in total. The maximum Gasteiger partial charge on any atom is 0.355 e. The Hall–Kier alpha value is -3.09. The van der Waals surface area contributed by atoms with Crippen molar-refractivity contribution in [3.8, 4) is 0 Å². The van der Waals surface area contributed by atoms with Gasteiger partial charge < -0.3 is 19.8 Å². The first-order valence-corrected chi connectivity index (χ1v) is 9.92. The predicted octanol–water partition coefficient (Wildman–Crippen LogP) is 4.31. The molecule has 0 spiro atoms. The Labute approximate surface area is 177 Å². The molecule has 0 aliphatic heterocycles. The van der Waals surface area contributed by atoms with Gasteiger partial charge in [0, 0.05) is 11.4 Å². The van der Waals surface area contributed by atoms with Crippen LogP contribution in [0.3, 0.4) is 0 Å². The van der Waals surface area contributed by atoms with Gasteiger partial charge in [-0.3, -0.25) is 4.79 Å². The summed E-state index contributed by atoms with van der Waals surface area (Å²) in [5.74, 6) is -1.65. The quantitative estimate of drug-likeness (QED) is 0.687. The molecule has 0 aliphatic carbocycles. The third-order valence-electron chi connectivity index (χ3n) is 4.77. The molecular weight excluding hydrogens is 384 g/mol. The lowest BCUT2D eigenvalue weighted by molar-refractivity contribution is -0.123. The van der Waals surface area contributed by atoms with Crippen LogP contribution in [0.25, 0.3) is 0 Å². The minimum absolute atomic E-state index is 0.130. The van der Waals surface area contributed by atoms with Gasteiger partial charge in [-0.15, -0.1) is 0 Å². The van der Waals surface area contributed by atoms with E-state index in [-0.39, 0.29) is 11.8 Å². The molecule has 2 aromatic rings. The van der Waals surface area contributed by atoms with E-state index in [1.54, 1.807) is 27.7 Å². The average molecular weight is 415 g/mol. The molecule has 0 radical (unpaired) electrons. The largest absolute Gasteiger partial charge is 0.459 e. The van der Waals surface area contributed by atoms with E-state index in [0.29, 0.717) is 22.5 Å². The number of carbonyl (C=O) groups is 3.